The Morgan fingerprint density at radius 3 is 2.24 bits per heavy atom. The van der Waals surface area contributed by atoms with Gasteiger partial charge in [-0.3, -0.25) is 9.59 Å². The molecule has 3 aromatic rings. The van der Waals surface area contributed by atoms with Gasteiger partial charge in [0.25, 0.3) is 11.7 Å². The molecular formula is C27H25NO5. The number of nitrogens with zero attached hydrogens (tertiary/aromatic N) is 1. The number of carbonyl (C=O) groups excluding carboxylic acids is 2. The number of Topliss-reactive ketones (excluding diaryl/α,β-unsaturated/α-hetero) is 1. The minimum atomic E-state index is -0.712. The molecule has 1 aliphatic heterocycles. The number of hydrogen-bond acceptors (Lipinski definition) is 5. The summed E-state index contributed by atoms with van der Waals surface area (Å²) in [7, 11) is 3.16. The van der Waals surface area contributed by atoms with Gasteiger partial charge in [-0.1, -0.05) is 42.5 Å². The molecule has 6 heteroatoms. The van der Waals surface area contributed by atoms with Gasteiger partial charge >= 0.3 is 0 Å². The molecular weight excluding hydrogens is 418 g/mol. The van der Waals surface area contributed by atoms with Crippen molar-refractivity contribution in [3.05, 3.63) is 101 Å². The summed E-state index contributed by atoms with van der Waals surface area (Å²) in [6.45, 7) is 2.07. The molecule has 4 rings (SSSR count). The molecule has 0 aliphatic carbocycles. The van der Waals surface area contributed by atoms with Gasteiger partial charge in [0.1, 0.15) is 17.3 Å². The maximum Gasteiger partial charge on any atom is 0.295 e. The van der Waals surface area contributed by atoms with Crippen molar-refractivity contribution in [3.63, 3.8) is 0 Å². The highest BCUT2D eigenvalue weighted by Gasteiger charge is 2.46. The molecule has 0 radical (unpaired) electrons. The topological polar surface area (TPSA) is 76.1 Å². The minimum Gasteiger partial charge on any atom is -0.507 e. The van der Waals surface area contributed by atoms with E-state index in [1.807, 2.05) is 61.5 Å². The number of rotatable bonds is 6. The maximum absolute atomic E-state index is 13.2. The summed E-state index contributed by atoms with van der Waals surface area (Å²) in [4.78, 5) is 27.8. The van der Waals surface area contributed by atoms with Gasteiger partial charge in [-0.15, -0.1) is 0 Å². The van der Waals surface area contributed by atoms with E-state index in [4.69, 9.17) is 9.47 Å². The molecule has 1 unspecified atom stereocenters. The predicted octanol–water partition coefficient (Wildman–Crippen LogP) is 4.63. The lowest BCUT2D eigenvalue weighted by Gasteiger charge is -2.25. The summed E-state index contributed by atoms with van der Waals surface area (Å²) in [6, 6.07) is 21.0. The fraction of sp³-hybridized carbons (Fsp3) is 0.185. The van der Waals surface area contributed by atoms with Gasteiger partial charge in [0, 0.05) is 12.1 Å². The molecule has 1 fully saturated rings. The molecule has 1 atom stereocenters. The molecule has 168 valence electrons. The van der Waals surface area contributed by atoms with Crippen LogP contribution < -0.4 is 9.47 Å². The molecule has 1 saturated heterocycles. The van der Waals surface area contributed by atoms with E-state index in [1.54, 1.807) is 32.4 Å². The van der Waals surface area contributed by atoms with Crippen LogP contribution in [0.4, 0.5) is 0 Å². The molecule has 0 spiro atoms. The summed E-state index contributed by atoms with van der Waals surface area (Å²) in [5.41, 5.74) is 2.93. The molecule has 1 aliphatic rings. The van der Waals surface area contributed by atoms with E-state index in [2.05, 4.69) is 0 Å². The number of aliphatic hydroxyl groups is 1. The molecule has 0 saturated carbocycles. The number of benzene rings is 3. The number of methoxy groups -OCH3 is 2. The van der Waals surface area contributed by atoms with Gasteiger partial charge < -0.3 is 19.5 Å². The fourth-order valence-corrected chi connectivity index (χ4v) is 4.13. The third-order valence-electron chi connectivity index (χ3n) is 5.84. The van der Waals surface area contributed by atoms with Crippen molar-refractivity contribution >= 4 is 17.4 Å². The summed E-state index contributed by atoms with van der Waals surface area (Å²) < 4.78 is 10.5. The zero-order valence-electron chi connectivity index (χ0n) is 18.7. The number of aliphatic hydroxyl groups excluding tert-OH is 1. The quantitative estimate of drug-likeness (QED) is 0.341. The number of ether oxygens (including phenoxy) is 2. The Labute approximate surface area is 192 Å². The second kappa shape index (κ2) is 9.20. The van der Waals surface area contributed by atoms with E-state index in [1.165, 1.54) is 4.90 Å². The van der Waals surface area contributed by atoms with Crippen LogP contribution in [0, 0.1) is 6.92 Å². The van der Waals surface area contributed by atoms with Crippen molar-refractivity contribution in [2.24, 2.45) is 0 Å². The summed E-state index contributed by atoms with van der Waals surface area (Å²) in [6.07, 6.45) is 0. The van der Waals surface area contributed by atoms with Gasteiger partial charge in [0.15, 0.2) is 0 Å². The lowest BCUT2D eigenvalue weighted by molar-refractivity contribution is -0.140. The third kappa shape index (κ3) is 4.20. The maximum atomic E-state index is 13.2. The van der Waals surface area contributed by atoms with Crippen LogP contribution in [0.3, 0.4) is 0 Å². The van der Waals surface area contributed by atoms with Crippen LogP contribution in [-0.4, -0.2) is 35.9 Å². The third-order valence-corrected chi connectivity index (χ3v) is 5.84. The Bertz CT molecular complexity index is 1220. The first-order valence-electron chi connectivity index (χ1n) is 10.6. The van der Waals surface area contributed by atoms with Crippen LogP contribution >= 0.6 is 0 Å². The standard InChI is InChI=1S/C27H25NO5/c1-17-15-20(11-14-22(17)33-3)25(29)23-24(19-7-5-4-6-8-19)28(27(31)26(23)30)16-18-9-12-21(32-2)13-10-18/h4-15,24,29H,16H2,1-3H3/b25-23-. The van der Waals surface area contributed by atoms with Crippen molar-refractivity contribution in [2.75, 3.05) is 14.2 Å². The first kappa shape index (κ1) is 22.1. The molecule has 3 aromatic carbocycles. The van der Waals surface area contributed by atoms with Gasteiger partial charge in [-0.25, -0.2) is 0 Å². The largest absolute Gasteiger partial charge is 0.507 e. The molecule has 33 heavy (non-hydrogen) atoms. The smallest absolute Gasteiger partial charge is 0.295 e. The van der Waals surface area contributed by atoms with E-state index in [0.717, 1.165) is 16.7 Å². The zero-order chi connectivity index (χ0) is 23.5. The van der Waals surface area contributed by atoms with Crippen molar-refractivity contribution in [1.82, 2.24) is 4.90 Å². The Kier molecular flexibility index (Phi) is 6.18. The number of aryl methyl sites for hydroxylation is 1. The summed E-state index contributed by atoms with van der Waals surface area (Å²) in [5.74, 6) is -0.179. The van der Waals surface area contributed by atoms with Gasteiger partial charge in [-0.2, -0.15) is 0 Å². The van der Waals surface area contributed by atoms with Crippen LogP contribution in [-0.2, 0) is 16.1 Å². The predicted molar refractivity (Wildman–Crippen MR) is 125 cm³/mol. The van der Waals surface area contributed by atoms with Crippen molar-refractivity contribution in [2.45, 2.75) is 19.5 Å². The van der Waals surface area contributed by atoms with Crippen LogP contribution in [0.2, 0.25) is 0 Å². The van der Waals surface area contributed by atoms with E-state index < -0.39 is 17.7 Å². The van der Waals surface area contributed by atoms with Crippen molar-refractivity contribution in [1.29, 1.82) is 0 Å². The highest BCUT2D eigenvalue weighted by molar-refractivity contribution is 6.46. The Balaban J connectivity index is 1.81. The average Bonchev–Trinajstić information content (AvgIpc) is 3.09. The molecule has 0 bridgehead atoms. The lowest BCUT2D eigenvalue weighted by Crippen LogP contribution is -2.29. The first-order chi connectivity index (χ1) is 15.9. The van der Waals surface area contributed by atoms with Crippen molar-refractivity contribution < 1.29 is 24.2 Å². The van der Waals surface area contributed by atoms with E-state index in [-0.39, 0.29) is 17.9 Å². The number of ketones is 1. The van der Waals surface area contributed by atoms with E-state index in [0.29, 0.717) is 17.1 Å². The van der Waals surface area contributed by atoms with Gasteiger partial charge in [0.05, 0.1) is 25.8 Å². The Morgan fingerprint density at radius 1 is 0.939 bits per heavy atom. The lowest BCUT2D eigenvalue weighted by atomic mass is 9.94. The monoisotopic (exact) mass is 443 g/mol. The highest BCUT2D eigenvalue weighted by atomic mass is 16.5. The number of hydrogen-bond donors (Lipinski definition) is 1. The van der Waals surface area contributed by atoms with Crippen LogP contribution in [0.15, 0.2) is 78.4 Å². The zero-order valence-corrected chi connectivity index (χ0v) is 18.7. The summed E-state index contributed by atoms with van der Waals surface area (Å²) >= 11 is 0. The molecule has 1 N–H and O–H groups in total. The molecule has 1 amide bonds. The average molecular weight is 443 g/mol. The Morgan fingerprint density at radius 2 is 1.64 bits per heavy atom. The number of likely N-dealkylation sites (tertiary alicyclic amines) is 1. The molecule has 6 nitrogen and oxygen atoms in total. The Hall–Kier alpha value is -4.06. The summed E-state index contributed by atoms with van der Waals surface area (Å²) in [5, 5.41) is 11.2. The molecule has 1 heterocycles. The normalized spacial score (nSPS) is 17.3. The van der Waals surface area contributed by atoms with E-state index >= 15 is 0 Å². The second-order valence-corrected chi connectivity index (χ2v) is 7.87. The van der Waals surface area contributed by atoms with Crippen molar-refractivity contribution in [3.8, 4) is 11.5 Å². The number of carbonyl (C=O) groups is 2. The van der Waals surface area contributed by atoms with Gasteiger partial charge in [0.2, 0.25) is 0 Å². The van der Waals surface area contributed by atoms with Crippen LogP contribution in [0.5, 0.6) is 11.5 Å². The SMILES string of the molecule is COc1ccc(CN2C(=O)C(=O)/C(=C(\O)c3ccc(OC)c(C)c3)C2c2ccccc2)cc1. The second-order valence-electron chi connectivity index (χ2n) is 7.87. The van der Waals surface area contributed by atoms with E-state index in [9.17, 15) is 14.7 Å². The minimum absolute atomic E-state index is 0.0734. The van der Waals surface area contributed by atoms with Crippen LogP contribution in [0.25, 0.3) is 5.76 Å². The molecule has 0 aromatic heterocycles. The number of amides is 1. The first-order valence-corrected chi connectivity index (χ1v) is 10.6. The highest BCUT2D eigenvalue weighted by Crippen LogP contribution is 2.40. The van der Waals surface area contributed by atoms with Gasteiger partial charge in [-0.05, 0) is 53.9 Å². The fourth-order valence-electron chi connectivity index (χ4n) is 4.13. The van der Waals surface area contributed by atoms with Crippen LogP contribution in [0.1, 0.15) is 28.3 Å².